The molecular formula is C28H24O4S2. The molecule has 0 aliphatic carbocycles. The number of hydrogen-bond acceptors (Lipinski definition) is 4. The summed E-state index contributed by atoms with van der Waals surface area (Å²) in [5.41, 5.74) is 3.44. The van der Waals surface area contributed by atoms with Gasteiger partial charge in [0, 0.05) is 10.6 Å². The Kier molecular flexibility index (Phi) is 7.50. The van der Waals surface area contributed by atoms with Crippen LogP contribution < -0.4 is 0 Å². The Bertz CT molecular complexity index is 1370. The first-order valence-electron chi connectivity index (χ1n) is 10.8. The highest BCUT2D eigenvalue weighted by atomic mass is 32.2. The van der Waals surface area contributed by atoms with Gasteiger partial charge in [0.25, 0.3) is 0 Å². The summed E-state index contributed by atoms with van der Waals surface area (Å²) in [6.45, 7) is 0. The van der Waals surface area contributed by atoms with Crippen LogP contribution in [0, 0.1) is 0 Å². The molecule has 0 aromatic heterocycles. The molecule has 4 aromatic carbocycles. The van der Waals surface area contributed by atoms with Crippen molar-refractivity contribution in [3.05, 3.63) is 120 Å². The van der Waals surface area contributed by atoms with Crippen molar-refractivity contribution in [3.63, 3.8) is 0 Å². The van der Waals surface area contributed by atoms with Gasteiger partial charge in [0.2, 0.25) is 0 Å². The van der Waals surface area contributed by atoms with Crippen LogP contribution >= 0.6 is 11.8 Å². The Hall–Kier alpha value is -3.35. The molecule has 1 N–H and O–H groups in total. The minimum atomic E-state index is -3.70. The fourth-order valence-corrected chi connectivity index (χ4v) is 5.99. The van der Waals surface area contributed by atoms with Crippen molar-refractivity contribution in [2.45, 2.75) is 22.0 Å². The quantitative estimate of drug-likeness (QED) is 0.278. The lowest BCUT2D eigenvalue weighted by atomic mass is 10.1. The number of carbonyl (C=O) groups is 1. The van der Waals surface area contributed by atoms with E-state index in [2.05, 4.69) is 12.1 Å². The van der Waals surface area contributed by atoms with E-state index in [1.165, 1.54) is 5.56 Å². The van der Waals surface area contributed by atoms with Gasteiger partial charge in [-0.05, 0) is 52.9 Å². The van der Waals surface area contributed by atoms with Crippen LogP contribution in [-0.4, -0.2) is 25.2 Å². The normalized spacial score (nSPS) is 11.3. The first-order valence-corrected chi connectivity index (χ1v) is 13.5. The van der Waals surface area contributed by atoms with Gasteiger partial charge < -0.3 is 5.11 Å². The van der Waals surface area contributed by atoms with E-state index in [9.17, 15) is 18.3 Å². The summed E-state index contributed by atoms with van der Waals surface area (Å²) in [5, 5.41) is 9.72. The van der Waals surface area contributed by atoms with Crippen molar-refractivity contribution in [1.29, 1.82) is 0 Å². The molecule has 34 heavy (non-hydrogen) atoms. The van der Waals surface area contributed by atoms with Crippen molar-refractivity contribution in [3.8, 4) is 11.1 Å². The highest BCUT2D eigenvalue weighted by Gasteiger charge is 2.20. The van der Waals surface area contributed by atoms with Gasteiger partial charge in [-0.15, -0.1) is 11.8 Å². The lowest BCUT2D eigenvalue weighted by Gasteiger charge is -2.11. The van der Waals surface area contributed by atoms with Gasteiger partial charge in [-0.1, -0.05) is 78.9 Å². The lowest BCUT2D eigenvalue weighted by Crippen LogP contribution is -2.10. The van der Waals surface area contributed by atoms with Crippen LogP contribution in [0.4, 0.5) is 0 Å². The van der Waals surface area contributed by atoms with E-state index in [0.29, 0.717) is 0 Å². The maximum atomic E-state index is 13.0. The van der Waals surface area contributed by atoms with E-state index < -0.39 is 15.8 Å². The van der Waals surface area contributed by atoms with Gasteiger partial charge in [0.15, 0.2) is 9.84 Å². The summed E-state index contributed by atoms with van der Waals surface area (Å²) in [5.74, 6) is -0.696. The predicted octanol–water partition coefficient (Wildman–Crippen LogP) is 6.36. The number of aryl methyl sites for hydroxylation is 1. The molecule has 0 unspecified atom stereocenters. The summed E-state index contributed by atoms with van der Waals surface area (Å²) in [7, 11) is -3.70. The molecule has 0 amide bonds. The number of sulfone groups is 1. The average molecular weight is 489 g/mol. The van der Waals surface area contributed by atoms with Gasteiger partial charge in [0.05, 0.1) is 16.2 Å². The van der Waals surface area contributed by atoms with Gasteiger partial charge in [0.1, 0.15) is 0 Å². The molecule has 0 saturated carbocycles. The van der Waals surface area contributed by atoms with E-state index >= 15 is 0 Å². The molecule has 0 fully saturated rings. The standard InChI is InChI=1S/C28H24O4S2/c29-28(30)27-19-25(33-18-17-21-7-3-1-4-8-21)14-11-24(27)20-34(31,32)26-15-12-23(13-16-26)22-9-5-2-6-10-22/h1-16,19H,17-18,20H2,(H,29,30). The summed E-state index contributed by atoms with van der Waals surface area (Å²) in [4.78, 5) is 12.9. The lowest BCUT2D eigenvalue weighted by molar-refractivity contribution is 0.0695. The third-order valence-corrected chi connectivity index (χ3v) is 8.16. The first kappa shape index (κ1) is 23.8. The maximum Gasteiger partial charge on any atom is 0.336 e. The van der Waals surface area contributed by atoms with Crippen LogP contribution in [0.2, 0.25) is 0 Å². The Morgan fingerprint density at radius 1 is 0.765 bits per heavy atom. The molecule has 0 bridgehead atoms. The van der Waals surface area contributed by atoms with Crippen LogP contribution in [0.3, 0.4) is 0 Å². The topological polar surface area (TPSA) is 71.4 Å². The molecular weight excluding hydrogens is 464 g/mol. The second-order valence-electron chi connectivity index (χ2n) is 7.86. The molecule has 0 atom stereocenters. The molecule has 0 radical (unpaired) electrons. The zero-order valence-electron chi connectivity index (χ0n) is 18.4. The number of rotatable bonds is 9. The van der Waals surface area contributed by atoms with Crippen molar-refractivity contribution in [2.75, 3.05) is 5.75 Å². The molecule has 0 spiro atoms. The predicted molar refractivity (Wildman–Crippen MR) is 137 cm³/mol. The number of thioether (sulfide) groups is 1. The zero-order valence-corrected chi connectivity index (χ0v) is 20.1. The number of carboxylic acids is 1. The first-order chi connectivity index (χ1) is 16.4. The van der Waals surface area contributed by atoms with Crippen molar-refractivity contribution >= 4 is 27.6 Å². The fraction of sp³-hybridized carbons (Fsp3) is 0.107. The molecule has 0 aliphatic heterocycles. The Morgan fingerprint density at radius 2 is 1.38 bits per heavy atom. The van der Waals surface area contributed by atoms with Crippen molar-refractivity contribution in [1.82, 2.24) is 0 Å². The van der Waals surface area contributed by atoms with Gasteiger partial charge in [-0.25, -0.2) is 13.2 Å². The Labute approximate surface area is 204 Å². The molecule has 4 aromatic rings. The highest BCUT2D eigenvalue weighted by Crippen LogP contribution is 2.27. The van der Waals surface area contributed by atoms with E-state index in [0.717, 1.165) is 28.2 Å². The fourth-order valence-electron chi connectivity index (χ4n) is 3.68. The van der Waals surface area contributed by atoms with Gasteiger partial charge in [-0.2, -0.15) is 0 Å². The SMILES string of the molecule is O=C(O)c1cc(SCCc2ccccc2)ccc1CS(=O)(=O)c1ccc(-c2ccccc2)cc1. The molecule has 0 heterocycles. The number of aromatic carboxylic acids is 1. The highest BCUT2D eigenvalue weighted by molar-refractivity contribution is 7.99. The van der Waals surface area contributed by atoms with Gasteiger partial charge in [-0.3, -0.25) is 0 Å². The van der Waals surface area contributed by atoms with Crippen molar-refractivity contribution < 1.29 is 18.3 Å². The van der Waals surface area contributed by atoms with Crippen LogP contribution in [0.15, 0.2) is 113 Å². The van der Waals surface area contributed by atoms with E-state index in [1.54, 1.807) is 54.2 Å². The van der Waals surface area contributed by atoms with Crippen LogP contribution in [0.25, 0.3) is 11.1 Å². The number of carboxylic acid groups (broad SMARTS) is 1. The summed E-state index contributed by atoms with van der Waals surface area (Å²) < 4.78 is 26.1. The Balaban J connectivity index is 1.49. The number of hydrogen-bond donors (Lipinski definition) is 1. The van der Waals surface area contributed by atoms with Gasteiger partial charge >= 0.3 is 5.97 Å². The second kappa shape index (κ2) is 10.7. The maximum absolute atomic E-state index is 13.0. The second-order valence-corrected chi connectivity index (χ2v) is 11.0. The molecule has 0 aliphatic rings. The van der Waals surface area contributed by atoms with E-state index in [-0.39, 0.29) is 21.8 Å². The molecule has 172 valence electrons. The third-order valence-electron chi connectivity index (χ3n) is 5.48. The smallest absolute Gasteiger partial charge is 0.336 e. The van der Waals surface area contributed by atoms with Crippen LogP contribution in [-0.2, 0) is 22.0 Å². The minimum Gasteiger partial charge on any atom is -0.478 e. The van der Waals surface area contributed by atoms with E-state index in [4.69, 9.17) is 0 Å². The summed E-state index contributed by atoms with van der Waals surface area (Å²) in [6, 6.07) is 31.5. The van der Waals surface area contributed by atoms with Crippen molar-refractivity contribution in [2.24, 2.45) is 0 Å². The number of benzene rings is 4. The Morgan fingerprint density at radius 3 is 2.03 bits per heavy atom. The van der Waals surface area contributed by atoms with Crippen LogP contribution in [0.1, 0.15) is 21.5 Å². The third kappa shape index (κ3) is 5.95. The molecule has 6 heteroatoms. The summed E-state index contributed by atoms with van der Waals surface area (Å²) >= 11 is 1.56. The molecule has 4 rings (SSSR count). The van der Waals surface area contributed by atoms with E-state index in [1.807, 2.05) is 48.5 Å². The average Bonchev–Trinajstić information content (AvgIpc) is 2.86. The zero-order chi connectivity index (χ0) is 24.0. The monoisotopic (exact) mass is 488 g/mol. The minimum absolute atomic E-state index is 0.0224. The van der Waals surface area contributed by atoms with Crippen LogP contribution in [0.5, 0.6) is 0 Å². The molecule has 0 saturated heterocycles. The molecule has 4 nitrogen and oxygen atoms in total. The summed E-state index contributed by atoms with van der Waals surface area (Å²) in [6.07, 6.45) is 0.864. The largest absolute Gasteiger partial charge is 0.478 e.